The minimum absolute atomic E-state index is 0.0587. The SMILES string of the molecule is CC(C)CC(CO)NC(=O)Nc1ccnn1CC(C)C. The van der Waals surface area contributed by atoms with Gasteiger partial charge < -0.3 is 10.4 Å². The van der Waals surface area contributed by atoms with Gasteiger partial charge in [-0.15, -0.1) is 0 Å². The third-order valence-corrected chi connectivity index (χ3v) is 2.81. The van der Waals surface area contributed by atoms with Gasteiger partial charge in [0, 0.05) is 12.6 Å². The monoisotopic (exact) mass is 282 g/mol. The van der Waals surface area contributed by atoms with E-state index < -0.39 is 0 Å². The van der Waals surface area contributed by atoms with E-state index in [1.807, 2.05) is 0 Å². The van der Waals surface area contributed by atoms with Gasteiger partial charge >= 0.3 is 6.03 Å². The summed E-state index contributed by atoms with van der Waals surface area (Å²) in [6.07, 6.45) is 2.41. The zero-order valence-electron chi connectivity index (χ0n) is 12.8. The maximum atomic E-state index is 11.9. The summed E-state index contributed by atoms with van der Waals surface area (Å²) in [4.78, 5) is 11.9. The van der Waals surface area contributed by atoms with Gasteiger partial charge in [0.2, 0.25) is 0 Å². The Bertz CT molecular complexity index is 415. The number of hydrogen-bond acceptors (Lipinski definition) is 3. The van der Waals surface area contributed by atoms with E-state index in [2.05, 4.69) is 43.4 Å². The number of hydrogen-bond donors (Lipinski definition) is 3. The third-order valence-electron chi connectivity index (χ3n) is 2.81. The topological polar surface area (TPSA) is 79.2 Å². The van der Waals surface area contributed by atoms with Crippen LogP contribution >= 0.6 is 0 Å². The van der Waals surface area contributed by atoms with Gasteiger partial charge in [-0.05, 0) is 18.3 Å². The highest BCUT2D eigenvalue weighted by Gasteiger charge is 2.14. The molecule has 0 radical (unpaired) electrons. The van der Waals surface area contributed by atoms with Crippen molar-refractivity contribution in [3.63, 3.8) is 0 Å². The van der Waals surface area contributed by atoms with Crippen LogP contribution in [0.5, 0.6) is 0 Å². The Hall–Kier alpha value is -1.56. The van der Waals surface area contributed by atoms with Crippen molar-refractivity contribution in [2.75, 3.05) is 11.9 Å². The van der Waals surface area contributed by atoms with Crippen LogP contribution in [0.15, 0.2) is 12.3 Å². The van der Waals surface area contributed by atoms with Crippen molar-refractivity contribution in [2.24, 2.45) is 11.8 Å². The van der Waals surface area contributed by atoms with Crippen LogP contribution in [-0.4, -0.2) is 33.6 Å². The molecule has 0 fully saturated rings. The van der Waals surface area contributed by atoms with Crippen molar-refractivity contribution in [1.82, 2.24) is 15.1 Å². The number of nitrogens with zero attached hydrogens (tertiary/aromatic N) is 2. The molecule has 1 aromatic heterocycles. The third kappa shape index (κ3) is 5.61. The van der Waals surface area contributed by atoms with Crippen LogP contribution in [0.4, 0.5) is 10.6 Å². The summed E-state index contributed by atoms with van der Waals surface area (Å²) in [6.45, 7) is 8.99. The molecule has 114 valence electrons. The smallest absolute Gasteiger partial charge is 0.320 e. The first-order chi connectivity index (χ1) is 9.42. The number of urea groups is 1. The van der Waals surface area contributed by atoms with Gasteiger partial charge in [0.15, 0.2) is 0 Å². The molecular weight excluding hydrogens is 256 g/mol. The Morgan fingerprint density at radius 3 is 2.60 bits per heavy atom. The van der Waals surface area contributed by atoms with Crippen LogP contribution in [0, 0.1) is 11.8 Å². The molecule has 1 rings (SSSR count). The summed E-state index contributed by atoms with van der Waals surface area (Å²) in [6, 6.07) is 1.23. The highest BCUT2D eigenvalue weighted by Crippen LogP contribution is 2.10. The van der Waals surface area contributed by atoms with Crippen LogP contribution in [0.2, 0.25) is 0 Å². The van der Waals surface area contributed by atoms with Gasteiger partial charge in [-0.25, -0.2) is 9.48 Å². The van der Waals surface area contributed by atoms with Gasteiger partial charge in [0.25, 0.3) is 0 Å². The summed E-state index contributed by atoms with van der Waals surface area (Å²) in [5.74, 6) is 1.53. The molecule has 0 aliphatic carbocycles. The summed E-state index contributed by atoms with van der Waals surface area (Å²) >= 11 is 0. The number of aliphatic hydroxyl groups is 1. The van der Waals surface area contributed by atoms with Crippen molar-refractivity contribution in [1.29, 1.82) is 0 Å². The molecule has 1 heterocycles. The normalized spacial score (nSPS) is 12.8. The zero-order valence-corrected chi connectivity index (χ0v) is 12.8. The highest BCUT2D eigenvalue weighted by atomic mass is 16.3. The molecule has 2 amide bonds. The predicted molar refractivity (Wildman–Crippen MR) is 79.5 cm³/mol. The van der Waals surface area contributed by atoms with Crippen LogP contribution in [-0.2, 0) is 6.54 Å². The van der Waals surface area contributed by atoms with E-state index in [9.17, 15) is 9.90 Å². The summed E-state index contributed by atoms with van der Waals surface area (Å²) in [5.41, 5.74) is 0. The van der Waals surface area contributed by atoms with Gasteiger partial charge in [0.05, 0.1) is 18.8 Å². The molecule has 0 saturated heterocycles. The van der Waals surface area contributed by atoms with Crippen LogP contribution in [0.25, 0.3) is 0 Å². The fourth-order valence-corrected chi connectivity index (χ4v) is 2.02. The first-order valence-electron chi connectivity index (χ1n) is 7.12. The van der Waals surface area contributed by atoms with Gasteiger partial charge in [0.1, 0.15) is 5.82 Å². The van der Waals surface area contributed by atoms with E-state index in [1.54, 1.807) is 16.9 Å². The van der Waals surface area contributed by atoms with Crippen LogP contribution in [0.3, 0.4) is 0 Å². The number of aromatic nitrogens is 2. The minimum atomic E-state index is -0.310. The Labute approximate surface area is 120 Å². The van der Waals surface area contributed by atoms with Gasteiger partial charge in [-0.1, -0.05) is 27.7 Å². The van der Waals surface area contributed by atoms with E-state index in [0.717, 1.165) is 13.0 Å². The van der Waals surface area contributed by atoms with E-state index in [0.29, 0.717) is 17.7 Å². The Morgan fingerprint density at radius 2 is 2.05 bits per heavy atom. The molecule has 1 aromatic rings. The average Bonchev–Trinajstić information content (AvgIpc) is 2.74. The second kappa shape index (κ2) is 7.89. The Morgan fingerprint density at radius 1 is 1.35 bits per heavy atom. The van der Waals surface area contributed by atoms with Crippen molar-refractivity contribution in [2.45, 2.75) is 46.7 Å². The minimum Gasteiger partial charge on any atom is -0.394 e. The van der Waals surface area contributed by atoms with Gasteiger partial charge in [-0.3, -0.25) is 5.32 Å². The summed E-state index contributed by atoms with van der Waals surface area (Å²) in [7, 11) is 0. The lowest BCUT2D eigenvalue weighted by Gasteiger charge is -2.19. The molecule has 0 aliphatic rings. The number of amides is 2. The lowest BCUT2D eigenvalue weighted by atomic mass is 10.0. The van der Waals surface area contributed by atoms with Crippen molar-refractivity contribution in [3.8, 4) is 0 Å². The second-order valence-electron chi connectivity index (χ2n) is 5.90. The number of anilines is 1. The number of carbonyl (C=O) groups excluding carboxylic acids is 1. The molecule has 1 atom stereocenters. The molecule has 0 spiro atoms. The standard InChI is InChI=1S/C14H26N4O2/c1-10(2)7-12(9-19)16-14(20)17-13-5-6-15-18(13)8-11(3)4/h5-6,10-12,19H,7-9H2,1-4H3,(H2,16,17,20). The largest absolute Gasteiger partial charge is 0.394 e. The molecule has 6 heteroatoms. The van der Waals surface area contributed by atoms with Crippen LogP contribution < -0.4 is 10.6 Å². The maximum Gasteiger partial charge on any atom is 0.320 e. The number of rotatable bonds is 7. The zero-order chi connectivity index (χ0) is 15.1. The van der Waals surface area contributed by atoms with Crippen molar-refractivity contribution >= 4 is 11.8 Å². The average molecular weight is 282 g/mol. The molecule has 3 N–H and O–H groups in total. The van der Waals surface area contributed by atoms with Gasteiger partial charge in [-0.2, -0.15) is 5.10 Å². The van der Waals surface area contributed by atoms with E-state index in [1.165, 1.54) is 0 Å². The second-order valence-corrected chi connectivity index (χ2v) is 5.90. The van der Waals surface area contributed by atoms with Crippen molar-refractivity contribution < 1.29 is 9.90 Å². The van der Waals surface area contributed by atoms with E-state index >= 15 is 0 Å². The maximum absolute atomic E-state index is 11.9. The Kier molecular flexibility index (Phi) is 6.51. The fourth-order valence-electron chi connectivity index (χ4n) is 2.02. The molecule has 20 heavy (non-hydrogen) atoms. The summed E-state index contributed by atoms with van der Waals surface area (Å²) < 4.78 is 1.76. The first kappa shape index (κ1) is 16.5. The van der Waals surface area contributed by atoms with Crippen LogP contribution in [0.1, 0.15) is 34.1 Å². The number of aliphatic hydroxyl groups excluding tert-OH is 1. The van der Waals surface area contributed by atoms with Crippen molar-refractivity contribution in [3.05, 3.63) is 12.3 Å². The number of carbonyl (C=O) groups is 1. The molecule has 1 unspecified atom stereocenters. The summed E-state index contributed by atoms with van der Waals surface area (Å²) in [5, 5.41) is 19.0. The van der Waals surface area contributed by atoms with E-state index in [4.69, 9.17) is 0 Å². The molecule has 0 aliphatic heterocycles. The lowest BCUT2D eigenvalue weighted by Crippen LogP contribution is -2.41. The fraction of sp³-hybridized carbons (Fsp3) is 0.714. The number of nitrogens with one attached hydrogen (secondary N) is 2. The molecule has 0 aromatic carbocycles. The predicted octanol–water partition coefficient (Wildman–Crippen LogP) is 2.07. The lowest BCUT2D eigenvalue weighted by molar-refractivity contribution is 0.214. The van der Waals surface area contributed by atoms with E-state index in [-0.39, 0.29) is 18.7 Å². The molecular formula is C14H26N4O2. The highest BCUT2D eigenvalue weighted by molar-refractivity contribution is 5.88. The Balaban J connectivity index is 2.55. The first-order valence-corrected chi connectivity index (χ1v) is 7.12. The quantitative estimate of drug-likeness (QED) is 0.716. The molecule has 6 nitrogen and oxygen atoms in total. The molecule has 0 saturated carbocycles. The molecule has 0 bridgehead atoms.